The van der Waals surface area contributed by atoms with Crippen LogP contribution in [0.3, 0.4) is 0 Å². The Morgan fingerprint density at radius 2 is 0.809 bits per heavy atom. The van der Waals surface area contributed by atoms with Gasteiger partial charge in [-0.15, -0.1) is 15.3 Å². The van der Waals surface area contributed by atoms with Crippen molar-refractivity contribution in [3.63, 3.8) is 0 Å². The summed E-state index contributed by atoms with van der Waals surface area (Å²) in [7, 11) is 0. The minimum Gasteiger partial charge on any atom is -0.508 e. The van der Waals surface area contributed by atoms with Crippen LogP contribution in [0.2, 0.25) is 0 Å². The van der Waals surface area contributed by atoms with Gasteiger partial charge in [0.1, 0.15) is 17.2 Å². The Balaban J connectivity index is 0.00000368. The van der Waals surface area contributed by atoms with Crippen molar-refractivity contribution in [3.05, 3.63) is 231 Å². The van der Waals surface area contributed by atoms with E-state index in [0.29, 0.717) is 23.8 Å². The number of allylic oxidation sites excluding steroid dienone is 2. The smallest absolute Gasteiger partial charge is 0.278 e. The van der Waals surface area contributed by atoms with Gasteiger partial charge in [-0.1, -0.05) is 26.3 Å². The highest BCUT2D eigenvalue weighted by molar-refractivity contribution is 6.12. The molecule has 0 amide bonds. The quantitative estimate of drug-likeness (QED) is 0.0295. The van der Waals surface area contributed by atoms with Gasteiger partial charge in [0.25, 0.3) is 39.8 Å². The molecule has 0 fully saturated rings. The van der Waals surface area contributed by atoms with Crippen molar-refractivity contribution in [1.82, 2.24) is 0 Å². The average Bonchev–Trinajstić information content (AvgIpc) is 1.49. The maximum atomic E-state index is 13.3. The van der Waals surface area contributed by atoms with Gasteiger partial charge in [0.2, 0.25) is 0 Å². The molecule has 1 aliphatic rings. The van der Waals surface area contributed by atoms with Crippen LogP contribution in [0.5, 0.6) is 17.2 Å². The summed E-state index contributed by atoms with van der Waals surface area (Å²) < 4.78 is 0. The highest BCUT2D eigenvalue weighted by atomic mass is 16.7. The lowest BCUT2D eigenvalue weighted by Gasteiger charge is -2.24. The number of nitro groups is 7. The first-order chi connectivity index (χ1) is 42.2. The lowest BCUT2D eigenvalue weighted by molar-refractivity contribution is -0.394. The molecular weight excluding hydrogens is 1170 g/mol. The Morgan fingerprint density at radius 3 is 1.20 bits per heavy atom. The van der Waals surface area contributed by atoms with Gasteiger partial charge in [-0.25, -0.2) is 0 Å². The molecule has 7 aromatic carbocycles. The third-order valence-electron chi connectivity index (χ3n) is 12.8. The zero-order chi connectivity index (χ0) is 65.0. The van der Waals surface area contributed by atoms with Crippen molar-refractivity contribution in [1.29, 1.82) is 0 Å². The third kappa shape index (κ3) is 16.4. The van der Waals surface area contributed by atoms with Gasteiger partial charge in [-0.3, -0.25) is 81.0 Å². The highest BCUT2D eigenvalue weighted by Gasteiger charge is 2.29. The number of hydrogen-bond donors (Lipinski definition) is 4. The Bertz CT molecular complexity index is 4150. The van der Waals surface area contributed by atoms with E-state index in [4.69, 9.17) is 0 Å². The molecule has 0 saturated carbocycles. The van der Waals surface area contributed by atoms with Gasteiger partial charge in [-0.05, 0) is 108 Å². The molecular formula is C56H47N15O18. The first-order valence-electron chi connectivity index (χ1n) is 26.1. The number of azo groups is 3. The zero-order valence-electron chi connectivity index (χ0n) is 46.9. The normalized spacial score (nSPS) is 13.5. The zero-order valence-corrected chi connectivity index (χ0v) is 46.9. The van der Waals surface area contributed by atoms with Gasteiger partial charge in [0, 0.05) is 73.7 Å². The van der Waals surface area contributed by atoms with Crippen molar-refractivity contribution < 1.29 is 54.6 Å². The summed E-state index contributed by atoms with van der Waals surface area (Å²) in [5, 5.41) is 147. The van der Waals surface area contributed by atoms with E-state index < -0.39 is 110 Å². The number of ketones is 1. The van der Waals surface area contributed by atoms with Crippen LogP contribution >= 0.6 is 0 Å². The predicted octanol–water partition coefficient (Wildman–Crippen LogP) is 14.9. The van der Waals surface area contributed by atoms with Crippen molar-refractivity contribution in [2.45, 2.75) is 59.8 Å². The van der Waals surface area contributed by atoms with Gasteiger partial charge >= 0.3 is 0 Å². The third-order valence-corrected chi connectivity index (χ3v) is 12.8. The number of nitrogens with zero attached hydrogens (tertiary/aromatic N) is 14. The Kier molecular flexibility index (Phi) is 20.0. The van der Waals surface area contributed by atoms with Crippen molar-refractivity contribution in [2.75, 3.05) is 5.43 Å². The molecule has 0 spiro atoms. The summed E-state index contributed by atoms with van der Waals surface area (Å²) in [6.45, 7) is 7.32. The summed E-state index contributed by atoms with van der Waals surface area (Å²) in [6.07, 6.45) is 1.28. The minimum atomic E-state index is -0.916. The summed E-state index contributed by atoms with van der Waals surface area (Å²) in [4.78, 5) is 89.9. The molecule has 4 N–H and O–H groups in total. The van der Waals surface area contributed by atoms with E-state index >= 15 is 0 Å². The lowest BCUT2D eigenvalue weighted by atomic mass is 9.81. The fourth-order valence-electron chi connectivity index (χ4n) is 9.15. The molecule has 0 heterocycles. The Labute approximate surface area is 499 Å². The molecule has 454 valence electrons. The number of anilines is 1. The van der Waals surface area contributed by atoms with Gasteiger partial charge in [0.15, 0.2) is 5.78 Å². The van der Waals surface area contributed by atoms with Crippen LogP contribution in [0.1, 0.15) is 67.0 Å². The van der Waals surface area contributed by atoms with E-state index in [0.717, 1.165) is 36.4 Å². The molecule has 7 aromatic rings. The van der Waals surface area contributed by atoms with Crippen LogP contribution in [0.25, 0.3) is 0 Å². The van der Waals surface area contributed by atoms with Crippen LogP contribution in [-0.2, 0) is 24.1 Å². The molecule has 1 unspecified atom stereocenters. The molecule has 89 heavy (non-hydrogen) atoms. The van der Waals surface area contributed by atoms with E-state index in [2.05, 4.69) is 55.1 Å². The Morgan fingerprint density at radius 1 is 0.461 bits per heavy atom. The molecule has 0 radical (unpaired) electrons. The van der Waals surface area contributed by atoms with Crippen LogP contribution in [0.4, 0.5) is 79.6 Å². The minimum absolute atomic E-state index is 0.000914. The number of hydrogen-bond acceptors (Lipinski definition) is 26. The Hall–Kier alpha value is -12.6. The second-order valence-electron chi connectivity index (χ2n) is 19.6. The van der Waals surface area contributed by atoms with Crippen LogP contribution in [0.15, 0.2) is 163 Å². The number of hydrazone groups is 1. The number of nitrogens with one attached hydrogen (secondary N) is 1. The largest absolute Gasteiger partial charge is 0.508 e. The maximum absolute atomic E-state index is 13.3. The number of phenolic OH excluding ortho intramolecular Hbond substituents is 3. The molecule has 33 nitrogen and oxygen atoms in total. The first kappa shape index (κ1) is 64.0. The predicted molar refractivity (Wildman–Crippen MR) is 317 cm³/mol. The number of phenols is 3. The van der Waals surface area contributed by atoms with Gasteiger partial charge in [-0.2, -0.15) is 20.4 Å². The summed E-state index contributed by atoms with van der Waals surface area (Å²) >= 11 is 0. The highest BCUT2D eigenvalue weighted by Crippen LogP contribution is 2.43. The number of carbonyl (C=O) groups excluding carboxylic acids is 1. The molecule has 0 saturated heterocycles. The first-order valence-corrected chi connectivity index (χ1v) is 26.1. The van der Waals surface area contributed by atoms with E-state index in [-0.39, 0.29) is 97.6 Å². The average molecular weight is 1220 g/mol. The summed E-state index contributed by atoms with van der Waals surface area (Å²) in [5.74, 6) is -2.50. The van der Waals surface area contributed by atoms with Crippen molar-refractivity contribution in [3.8, 4) is 17.2 Å². The van der Waals surface area contributed by atoms with E-state index in [1.54, 1.807) is 6.92 Å². The second-order valence-corrected chi connectivity index (χ2v) is 19.6. The van der Waals surface area contributed by atoms with Crippen LogP contribution in [-0.4, -0.2) is 61.3 Å². The number of aromatic hydroxyl groups is 3. The number of non-ortho nitro benzene ring substituents is 7. The van der Waals surface area contributed by atoms with E-state index in [1.165, 1.54) is 80.1 Å². The maximum Gasteiger partial charge on any atom is 0.278 e. The molecule has 8 rings (SSSR count). The van der Waals surface area contributed by atoms with E-state index in [1.807, 2.05) is 0 Å². The van der Waals surface area contributed by atoms with Crippen molar-refractivity contribution in [2.24, 2.45) is 41.7 Å². The standard InChI is InChI=1S/C53H39N15O18.C3H8/c1-27-6-46(69)11-29(50(27)58-54-35-4-3-5-39(17-35)62(73)74)8-31-13-48(71)15-33(52(31)60-56-37-20-42(65(79)80)25-43(21-37)66(81)82)10-34-16-49(72)14-32(53(34)61-57-38-22-44(67(83)84)26-45(23-38)68(85)86)9-30-12-47(70)7-28(2)51(30)59-55-36-18-40(63(75)76)24-41(19-36)64(77)78;1-3-2/h3-7,12-26,29,54,70-72H,8-11H2,1-2H3;3H2,1-2H3. The molecule has 1 aliphatic carbocycles. The topological polar surface area (TPSA) is 478 Å². The number of carbonyl (C=O) groups is 1. The number of aryl methyl sites for hydroxylation is 1. The SMILES string of the molecule is CC1=CC(=O)CC(Cc2cc(O)cc(Cc3cc(O)cc(Cc4cc(O)cc(C)c4N=Nc4cc([N+](=O)[O-])cc([N+](=O)[O-])c4)c3N=Nc3cc([N+](=O)[O-])cc([N+](=O)[O-])c3)c2N=Nc2cc([N+](=O)[O-])cc([N+](=O)[O-])c2)C1=NNc1cccc([N+](=O)[O-])c1.CCC. The molecule has 0 bridgehead atoms. The second kappa shape index (κ2) is 27.9. The summed E-state index contributed by atoms with van der Waals surface area (Å²) in [5.41, 5.74) is -2.12. The number of nitro benzene ring substituents is 7. The van der Waals surface area contributed by atoms with Gasteiger partial charge < -0.3 is 15.3 Å². The molecule has 33 heteroatoms. The van der Waals surface area contributed by atoms with Gasteiger partial charge in [0.05, 0.1) is 98.2 Å². The van der Waals surface area contributed by atoms with Crippen LogP contribution < -0.4 is 5.43 Å². The molecule has 1 atom stereocenters. The van der Waals surface area contributed by atoms with Crippen molar-refractivity contribution >= 4 is 91.1 Å². The number of rotatable bonds is 21. The molecule has 0 aliphatic heterocycles. The molecule has 0 aromatic heterocycles. The lowest BCUT2D eigenvalue weighted by Crippen LogP contribution is -2.27. The fourth-order valence-corrected chi connectivity index (χ4v) is 9.15. The fraction of sp³-hybridized carbons (Fsp3) is 0.179. The van der Waals surface area contributed by atoms with Crippen LogP contribution in [0, 0.1) is 83.6 Å². The summed E-state index contributed by atoms with van der Waals surface area (Å²) in [6, 6.07) is 20.1. The number of benzene rings is 7. The van der Waals surface area contributed by atoms with E-state index in [9.17, 15) is 90.9 Å². The monoisotopic (exact) mass is 1220 g/mol.